The van der Waals surface area contributed by atoms with Gasteiger partial charge in [0.1, 0.15) is 17.9 Å². The quantitative estimate of drug-likeness (QED) is 0.768. The lowest BCUT2D eigenvalue weighted by molar-refractivity contribution is 0.223. The van der Waals surface area contributed by atoms with Gasteiger partial charge in [-0.2, -0.15) is 0 Å². The van der Waals surface area contributed by atoms with Crippen molar-refractivity contribution in [1.29, 1.82) is 0 Å². The molecule has 116 valence electrons. The van der Waals surface area contributed by atoms with Crippen LogP contribution in [0.1, 0.15) is 19.4 Å². The van der Waals surface area contributed by atoms with Gasteiger partial charge in [0.15, 0.2) is 0 Å². The summed E-state index contributed by atoms with van der Waals surface area (Å²) in [5.74, 6) is 0.735. The minimum Gasteiger partial charge on any atom is -0.492 e. The van der Waals surface area contributed by atoms with E-state index >= 15 is 0 Å². The number of hydrogen-bond donors (Lipinski definition) is 0. The topological polar surface area (TPSA) is 42.7 Å². The molecule has 0 amide bonds. The Morgan fingerprint density at radius 3 is 2.57 bits per heavy atom. The maximum absolute atomic E-state index is 11.4. The number of benzene rings is 1. The molecule has 2 aromatic rings. The molecule has 0 unspecified atom stereocenters. The van der Waals surface area contributed by atoms with E-state index in [0.717, 1.165) is 36.3 Å². The van der Waals surface area contributed by atoms with Gasteiger partial charge in [-0.3, -0.25) is 0 Å². The van der Waals surface area contributed by atoms with E-state index in [2.05, 4.69) is 18.7 Å². The van der Waals surface area contributed by atoms with Crippen LogP contribution in [0, 0.1) is 6.92 Å². The van der Waals surface area contributed by atoms with Gasteiger partial charge in [0.05, 0.1) is 0 Å². The molecule has 1 heterocycles. The number of halogens is 1. The molecule has 0 atom stereocenters. The molecule has 0 saturated carbocycles. The zero-order chi connectivity index (χ0) is 14.5. The van der Waals surface area contributed by atoms with Crippen LogP contribution in [0.3, 0.4) is 0 Å². The predicted molar refractivity (Wildman–Crippen MR) is 87.8 cm³/mol. The van der Waals surface area contributed by atoms with E-state index in [-0.39, 0.29) is 18.0 Å². The average Bonchev–Trinajstić information content (AvgIpc) is 2.43. The minimum atomic E-state index is -0.324. The second-order valence-electron chi connectivity index (χ2n) is 4.78. The summed E-state index contributed by atoms with van der Waals surface area (Å²) in [6.07, 6.45) is 0. The fourth-order valence-corrected chi connectivity index (χ4v) is 2.23. The zero-order valence-corrected chi connectivity index (χ0v) is 13.5. The van der Waals surface area contributed by atoms with Crippen molar-refractivity contribution in [2.45, 2.75) is 20.8 Å². The molecule has 2 rings (SSSR count). The van der Waals surface area contributed by atoms with Crippen molar-refractivity contribution < 1.29 is 9.15 Å². The first-order valence-corrected chi connectivity index (χ1v) is 7.03. The van der Waals surface area contributed by atoms with E-state index < -0.39 is 0 Å². The van der Waals surface area contributed by atoms with Gasteiger partial charge in [0.25, 0.3) is 0 Å². The highest BCUT2D eigenvalue weighted by Gasteiger charge is 2.05. The molecule has 0 aliphatic heterocycles. The van der Waals surface area contributed by atoms with Crippen LogP contribution in [0.2, 0.25) is 0 Å². The average molecular weight is 312 g/mol. The Kier molecular flexibility index (Phi) is 6.72. The van der Waals surface area contributed by atoms with Crippen molar-refractivity contribution in [2.75, 3.05) is 26.2 Å². The molecule has 0 bridgehead atoms. The van der Waals surface area contributed by atoms with Crippen molar-refractivity contribution in [3.05, 3.63) is 40.2 Å². The van der Waals surface area contributed by atoms with Gasteiger partial charge in [-0.1, -0.05) is 13.8 Å². The molecule has 0 aliphatic rings. The van der Waals surface area contributed by atoms with Crippen LogP contribution in [0.4, 0.5) is 0 Å². The van der Waals surface area contributed by atoms with E-state index in [1.807, 2.05) is 19.1 Å². The summed E-state index contributed by atoms with van der Waals surface area (Å²) in [6, 6.07) is 7.13. The third-order valence-corrected chi connectivity index (χ3v) is 3.49. The van der Waals surface area contributed by atoms with E-state index in [1.54, 1.807) is 6.07 Å². The molecule has 4 nitrogen and oxygen atoms in total. The lowest BCUT2D eigenvalue weighted by Gasteiger charge is -2.18. The first kappa shape index (κ1) is 17.5. The van der Waals surface area contributed by atoms with Gasteiger partial charge in [-0.15, -0.1) is 12.4 Å². The number of nitrogens with zero attached hydrogens (tertiary/aromatic N) is 1. The maximum Gasteiger partial charge on any atom is 0.336 e. The smallest absolute Gasteiger partial charge is 0.336 e. The molecule has 0 spiro atoms. The molecule has 1 aromatic heterocycles. The van der Waals surface area contributed by atoms with Crippen LogP contribution < -0.4 is 10.4 Å². The number of likely N-dealkylation sites (N-methyl/N-ethyl adjacent to an activating group) is 1. The van der Waals surface area contributed by atoms with Crippen molar-refractivity contribution in [3.63, 3.8) is 0 Å². The Labute approximate surface area is 131 Å². The monoisotopic (exact) mass is 311 g/mol. The third-order valence-electron chi connectivity index (χ3n) is 3.49. The first-order valence-electron chi connectivity index (χ1n) is 7.03. The summed E-state index contributed by atoms with van der Waals surface area (Å²) < 4.78 is 10.9. The van der Waals surface area contributed by atoms with Crippen LogP contribution in [0.5, 0.6) is 5.75 Å². The highest BCUT2D eigenvalue weighted by molar-refractivity contribution is 5.85. The summed E-state index contributed by atoms with van der Waals surface area (Å²) >= 11 is 0. The Balaban J connectivity index is 0.00000220. The van der Waals surface area contributed by atoms with Gasteiger partial charge in [-0.25, -0.2) is 4.79 Å². The van der Waals surface area contributed by atoms with Crippen LogP contribution >= 0.6 is 12.4 Å². The molecule has 21 heavy (non-hydrogen) atoms. The fraction of sp³-hybridized carbons (Fsp3) is 0.438. The van der Waals surface area contributed by atoms with Crippen LogP contribution in [-0.4, -0.2) is 31.1 Å². The molecule has 0 radical (unpaired) electrons. The molecular weight excluding hydrogens is 290 g/mol. The molecular formula is C16H22ClNO3. The fourth-order valence-electron chi connectivity index (χ4n) is 2.23. The van der Waals surface area contributed by atoms with Gasteiger partial charge in [0.2, 0.25) is 0 Å². The normalized spacial score (nSPS) is 10.7. The van der Waals surface area contributed by atoms with Crippen molar-refractivity contribution >= 4 is 23.4 Å². The largest absolute Gasteiger partial charge is 0.492 e. The van der Waals surface area contributed by atoms with Gasteiger partial charge >= 0.3 is 5.63 Å². The minimum absolute atomic E-state index is 0. The van der Waals surface area contributed by atoms with Crippen LogP contribution in [-0.2, 0) is 0 Å². The summed E-state index contributed by atoms with van der Waals surface area (Å²) in [4.78, 5) is 13.7. The van der Waals surface area contributed by atoms with Crippen molar-refractivity contribution in [3.8, 4) is 5.75 Å². The highest BCUT2D eigenvalue weighted by atomic mass is 35.5. The van der Waals surface area contributed by atoms with Crippen LogP contribution in [0.15, 0.2) is 33.5 Å². The Morgan fingerprint density at radius 2 is 1.90 bits per heavy atom. The lowest BCUT2D eigenvalue weighted by Crippen LogP contribution is -2.27. The number of fused-ring (bicyclic) bond motifs is 1. The summed E-state index contributed by atoms with van der Waals surface area (Å²) in [5, 5.41) is 0.945. The van der Waals surface area contributed by atoms with E-state index in [9.17, 15) is 4.79 Å². The van der Waals surface area contributed by atoms with Crippen molar-refractivity contribution in [1.82, 2.24) is 4.90 Å². The number of rotatable bonds is 6. The molecule has 0 saturated heterocycles. The summed E-state index contributed by atoms with van der Waals surface area (Å²) in [5.41, 5.74) is 1.18. The molecule has 0 fully saturated rings. The standard InChI is InChI=1S/C16H21NO3.ClH/c1-4-17(5-2)8-9-19-13-6-7-14-12(3)10-16(18)20-15(14)11-13;/h6-7,10-11H,4-5,8-9H2,1-3H3;1H. The highest BCUT2D eigenvalue weighted by Crippen LogP contribution is 2.22. The number of hydrogen-bond acceptors (Lipinski definition) is 4. The number of ether oxygens (including phenoxy) is 1. The molecule has 0 aliphatic carbocycles. The Bertz CT molecular complexity index is 635. The Hall–Kier alpha value is -1.52. The molecule has 0 N–H and O–H groups in total. The van der Waals surface area contributed by atoms with Gasteiger partial charge < -0.3 is 14.1 Å². The van der Waals surface area contributed by atoms with E-state index in [0.29, 0.717) is 12.2 Å². The number of aryl methyl sites for hydroxylation is 1. The first-order chi connectivity index (χ1) is 9.63. The van der Waals surface area contributed by atoms with E-state index in [4.69, 9.17) is 9.15 Å². The van der Waals surface area contributed by atoms with Crippen molar-refractivity contribution in [2.24, 2.45) is 0 Å². The third kappa shape index (κ3) is 4.48. The molecule has 5 heteroatoms. The lowest BCUT2D eigenvalue weighted by atomic mass is 10.1. The van der Waals surface area contributed by atoms with E-state index in [1.165, 1.54) is 6.07 Å². The van der Waals surface area contributed by atoms with Gasteiger partial charge in [-0.05, 0) is 37.7 Å². The summed E-state index contributed by atoms with van der Waals surface area (Å²) in [7, 11) is 0. The predicted octanol–water partition coefficient (Wildman–Crippen LogP) is 3.24. The van der Waals surface area contributed by atoms with Crippen LogP contribution in [0.25, 0.3) is 11.0 Å². The SMILES string of the molecule is CCN(CC)CCOc1ccc2c(C)cc(=O)oc2c1.Cl. The second-order valence-corrected chi connectivity index (χ2v) is 4.78. The summed E-state index contributed by atoms with van der Waals surface area (Å²) in [6.45, 7) is 9.73. The second kappa shape index (κ2) is 8.05. The molecule has 1 aromatic carbocycles. The zero-order valence-electron chi connectivity index (χ0n) is 12.7. The Morgan fingerprint density at radius 1 is 1.19 bits per heavy atom. The maximum atomic E-state index is 11.4. The van der Waals surface area contributed by atoms with Gasteiger partial charge in [0, 0.05) is 24.1 Å².